The topological polar surface area (TPSA) is 81.9 Å². The van der Waals surface area contributed by atoms with E-state index in [0.29, 0.717) is 29.3 Å². The van der Waals surface area contributed by atoms with Gasteiger partial charge in [0.1, 0.15) is 12.4 Å². The van der Waals surface area contributed by atoms with Crippen molar-refractivity contribution in [2.24, 2.45) is 0 Å². The minimum Gasteiger partial charge on any atom is -0.493 e. The number of rotatable bonds is 9. The van der Waals surface area contributed by atoms with E-state index in [2.05, 4.69) is 15.1 Å². The Labute approximate surface area is 212 Å². The summed E-state index contributed by atoms with van der Waals surface area (Å²) in [7, 11) is 1.54. The molecule has 8 nitrogen and oxygen atoms in total. The minimum atomic E-state index is -0.339. The number of hydrogen-bond donors (Lipinski definition) is 0. The van der Waals surface area contributed by atoms with Crippen LogP contribution in [0.25, 0.3) is 5.65 Å². The van der Waals surface area contributed by atoms with Crippen molar-refractivity contribution in [2.75, 3.05) is 7.11 Å². The summed E-state index contributed by atoms with van der Waals surface area (Å²) in [5.41, 5.74) is 3.05. The Balaban J connectivity index is 1.42. The Morgan fingerprint density at radius 2 is 1.76 bits per heavy atom. The maximum atomic E-state index is 14.1. The number of pyridine rings is 1. The van der Waals surface area contributed by atoms with Gasteiger partial charge in [0.2, 0.25) is 0 Å². The molecule has 9 heteroatoms. The van der Waals surface area contributed by atoms with Gasteiger partial charge in [0.05, 0.1) is 7.11 Å². The summed E-state index contributed by atoms with van der Waals surface area (Å²) >= 11 is 0. The summed E-state index contributed by atoms with van der Waals surface area (Å²) in [6.45, 7) is 0.670. The summed E-state index contributed by atoms with van der Waals surface area (Å²) in [6, 6.07) is 19.0. The Bertz CT molecular complexity index is 1490. The van der Waals surface area contributed by atoms with Gasteiger partial charge in [0, 0.05) is 49.5 Å². The van der Waals surface area contributed by atoms with E-state index in [1.807, 2.05) is 18.2 Å². The first kappa shape index (κ1) is 23.9. The molecule has 0 N–H and O–H groups in total. The molecular weight excluding hydrogens is 473 g/mol. The van der Waals surface area contributed by atoms with E-state index in [-0.39, 0.29) is 30.6 Å². The van der Waals surface area contributed by atoms with Crippen molar-refractivity contribution in [1.82, 2.24) is 24.5 Å². The summed E-state index contributed by atoms with van der Waals surface area (Å²) in [5.74, 6) is 0.385. The molecule has 0 aliphatic carbocycles. The van der Waals surface area contributed by atoms with Gasteiger partial charge in [-0.25, -0.2) is 13.9 Å². The van der Waals surface area contributed by atoms with Crippen LogP contribution < -0.4 is 9.47 Å². The lowest BCUT2D eigenvalue weighted by molar-refractivity contribution is 0.0723. The van der Waals surface area contributed by atoms with Crippen LogP contribution in [0.5, 0.6) is 11.5 Å². The van der Waals surface area contributed by atoms with Crippen molar-refractivity contribution < 1.29 is 18.7 Å². The molecule has 0 spiro atoms. The molecule has 0 aliphatic rings. The highest BCUT2D eigenvalue weighted by Gasteiger charge is 2.21. The van der Waals surface area contributed by atoms with E-state index in [4.69, 9.17) is 9.47 Å². The minimum absolute atomic E-state index is 0.0421. The van der Waals surface area contributed by atoms with E-state index >= 15 is 0 Å². The predicted molar refractivity (Wildman–Crippen MR) is 135 cm³/mol. The first-order valence-electron chi connectivity index (χ1n) is 11.6. The molecule has 5 aromatic rings. The fourth-order valence-corrected chi connectivity index (χ4v) is 3.93. The van der Waals surface area contributed by atoms with E-state index in [1.165, 1.54) is 6.07 Å². The highest BCUT2D eigenvalue weighted by Crippen LogP contribution is 2.30. The zero-order valence-electron chi connectivity index (χ0n) is 20.1. The molecule has 0 fully saturated rings. The molecule has 0 bridgehead atoms. The van der Waals surface area contributed by atoms with Gasteiger partial charge >= 0.3 is 0 Å². The van der Waals surface area contributed by atoms with Gasteiger partial charge in [-0.1, -0.05) is 24.3 Å². The first-order valence-corrected chi connectivity index (χ1v) is 11.6. The van der Waals surface area contributed by atoms with Crippen molar-refractivity contribution in [3.63, 3.8) is 0 Å². The first-order chi connectivity index (χ1) is 18.1. The lowest BCUT2D eigenvalue weighted by Gasteiger charge is -2.23. The van der Waals surface area contributed by atoms with Gasteiger partial charge in [0.25, 0.3) is 5.91 Å². The molecule has 0 unspecified atom stereocenters. The Hall–Kier alpha value is -4.79. The van der Waals surface area contributed by atoms with E-state index in [0.717, 1.165) is 11.1 Å². The van der Waals surface area contributed by atoms with E-state index < -0.39 is 0 Å². The Morgan fingerprint density at radius 1 is 0.946 bits per heavy atom. The van der Waals surface area contributed by atoms with Gasteiger partial charge in [-0.15, -0.1) is 0 Å². The second-order valence-electron chi connectivity index (χ2n) is 8.33. The van der Waals surface area contributed by atoms with Crippen LogP contribution in [0.3, 0.4) is 0 Å². The summed E-state index contributed by atoms with van der Waals surface area (Å²) in [6.07, 6.45) is 6.78. The monoisotopic (exact) mass is 497 g/mol. The van der Waals surface area contributed by atoms with Crippen molar-refractivity contribution >= 4 is 11.6 Å². The molecule has 3 heterocycles. The number of carbonyl (C=O) groups is 1. The van der Waals surface area contributed by atoms with Crippen LogP contribution in [0.2, 0.25) is 0 Å². The largest absolute Gasteiger partial charge is 0.493 e. The number of ether oxygens (including phenoxy) is 2. The fraction of sp³-hybridized carbons (Fsp3) is 0.143. The standard InChI is InChI=1S/C28H24FN5O3/c1-36-25-8-7-21(15-26(25)37-19-22-5-2-3-6-23(22)29)18-33(17-20-9-12-30-13-10-20)28(35)24-16-27-31-11-4-14-34(27)32-24/h2-16H,17-19H2,1H3. The van der Waals surface area contributed by atoms with E-state index in [1.54, 1.807) is 83.8 Å². The number of carbonyl (C=O) groups excluding carboxylic acids is 1. The molecule has 0 saturated carbocycles. The zero-order chi connectivity index (χ0) is 25.6. The van der Waals surface area contributed by atoms with Gasteiger partial charge < -0.3 is 14.4 Å². The normalized spacial score (nSPS) is 10.9. The third-order valence-electron chi connectivity index (χ3n) is 5.81. The summed E-state index contributed by atoms with van der Waals surface area (Å²) in [4.78, 5) is 23.6. The second kappa shape index (κ2) is 10.9. The lowest BCUT2D eigenvalue weighted by Crippen LogP contribution is -2.30. The van der Waals surface area contributed by atoms with Crippen LogP contribution in [-0.2, 0) is 19.7 Å². The lowest BCUT2D eigenvalue weighted by atomic mass is 10.1. The molecule has 5 rings (SSSR count). The number of fused-ring (bicyclic) bond motifs is 1. The van der Waals surface area contributed by atoms with Crippen molar-refractivity contribution in [2.45, 2.75) is 19.7 Å². The Kier molecular flexibility index (Phi) is 7.02. The molecule has 0 saturated heterocycles. The molecule has 0 aliphatic heterocycles. The van der Waals surface area contributed by atoms with Gasteiger partial charge in [-0.3, -0.25) is 9.78 Å². The number of benzene rings is 2. The molecule has 0 radical (unpaired) electrons. The van der Waals surface area contributed by atoms with Crippen LogP contribution in [-0.4, -0.2) is 37.5 Å². The second-order valence-corrected chi connectivity index (χ2v) is 8.33. The quantitative estimate of drug-likeness (QED) is 0.294. The average molecular weight is 498 g/mol. The molecule has 0 atom stereocenters. The molecular formula is C28H24FN5O3. The molecule has 37 heavy (non-hydrogen) atoms. The Morgan fingerprint density at radius 3 is 2.54 bits per heavy atom. The molecule has 186 valence electrons. The number of aromatic nitrogens is 4. The zero-order valence-corrected chi connectivity index (χ0v) is 20.1. The number of amides is 1. The number of methoxy groups -OCH3 is 1. The molecule has 3 aromatic heterocycles. The number of hydrogen-bond acceptors (Lipinski definition) is 6. The molecule has 2 aromatic carbocycles. The van der Waals surface area contributed by atoms with Gasteiger partial charge in [-0.05, 0) is 47.5 Å². The highest BCUT2D eigenvalue weighted by molar-refractivity contribution is 5.93. The predicted octanol–water partition coefficient (Wildman–Crippen LogP) is 4.69. The van der Waals surface area contributed by atoms with Crippen LogP contribution >= 0.6 is 0 Å². The van der Waals surface area contributed by atoms with Crippen LogP contribution in [0, 0.1) is 5.82 Å². The smallest absolute Gasteiger partial charge is 0.275 e. The third-order valence-corrected chi connectivity index (χ3v) is 5.81. The van der Waals surface area contributed by atoms with Crippen molar-refractivity contribution in [1.29, 1.82) is 0 Å². The highest BCUT2D eigenvalue weighted by atomic mass is 19.1. The van der Waals surface area contributed by atoms with Crippen LogP contribution in [0.15, 0.2) is 91.5 Å². The maximum absolute atomic E-state index is 14.1. The van der Waals surface area contributed by atoms with E-state index in [9.17, 15) is 9.18 Å². The maximum Gasteiger partial charge on any atom is 0.275 e. The average Bonchev–Trinajstić information content (AvgIpc) is 3.37. The SMILES string of the molecule is COc1ccc(CN(Cc2ccncc2)C(=O)c2cc3ncccn3n2)cc1OCc1ccccc1F. The fourth-order valence-electron chi connectivity index (χ4n) is 3.93. The number of halogens is 1. The van der Waals surface area contributed by atoms with Crippen molar-refractivity contribution in [3.8, 4) is 11.5 Å². The van der Waals surface area contributed by atoms with Crippen LogP contribution in [0.1, 0.15) is 27.2 Å². The summed E-state index contributed by atoms with van der Waals surface area (Å²) < 4.78 is 27.0. The summed E-state index contributed by atoms with van der Waals surface area (Å²) in [5, 5.41) is 4.40. The number of nitrogens with zero attached hydrogens (tertiary/aromatic N) is 5. The third kappa shape index (κ3) is 5.56. The van der Waals surface area contributed by atoms with Gasteiger partial charge in [0.15, 0.2) is 22.8 Å². The van der Waals surface area contributed by atoms with Crippen molar-refractivity contribution in [3.05, 3.63) is 120 Å². The van der Waals surface area contributed by atoms with Crippen LogP contribution in [0.4, 0.5) is 4.39 Å². The molecule has 1 amide bonds. The van der Waals surface area contributed by atoms with Gasteiger partial charge in [-0.2, -0.15) is 5.10 Å².